The van der Waals surface area contributed by atoms with Gasteiger partial charge in [0, 0.05) is 31.2 Å². The number of hydrogen-bond donors (Lipinski definition) is 1. The highest BCUT2D eigenvalue weighted by molar-refractivity contribution is 5.89. The molecule has 0 aliphatic rings. The Labute approximate surface area is 179 Å². The van der Waals surface area contributed by atoms with Crippen LogP contribution in [0.5, 0.6) is 0 Å². The van der Waals surface area contributed by atoms with Gasteiger partial charge in [-0.25, -0.2) is 9.78 Å². The molecule has 1 heterocycles. The van der Waals surface area contributed by atoms with Crippen LogP contribution in [-0.4, -0.2) is 27.0 Å². The van der Waals surface area contributed by atoms with Crippen LogP contribution in [-0.2, 0) is 19.3 Å². The largest absolute Gasteiger partial charge is 0.416 e. The molecule has 0 aliphatic carbocycles. The van der Waals surface area contributed by atoms with Gasteiger partial charge in [0.2, 0.25) is 0 Å². The highest BCUT2D eigenvalue weighted by Gasteiger charge is 2.30. The average molecular weight is 430 g/mol. The molecule has 0 aliphatic heterocycles. The van der Waals surface area contributed by atoms with Crippen molar-refractivity contribution in [2.45, 2.75) is 33.1 Å². The van der Waals surface area contributed by atoms with Crippen molar-refractivity contribution < 1.29 is 18.0 Å². The van der Waals surface area contributed by atoms with Crippen molar-refractivity contribution in [1.29, 1.82) is 0 Å². The Hall–Kier alpha value is -3.29. The number of anilines is 1. The molecule has 0 unspecified atom stereocenters. The van der Waals surface area contributed by atoms with Gasteiger partial charge >= 0.3 is 12.2 Å². The van der Waals surface area contributed by atoms with E-state index in [1.54, 1.807) is 11.1 Å². The van der Waals surface area contributed by atoms with E-state index in [4.69, 9.17) is 0 Å². The molecule has 3 rings (SSSR count). The number of imidazole rings is 1. The highest BCUT2D eigenvalue weighted by Crippen LogP contribution is 2.29. The number of nitrogens with one attached hydrogen (secondary N) is 1. The van der Waals surface area contributed by atoms with E-state index in [2.05, 4.69) is 10.3 Å². The molecule has 5 nitrogen and oxygen atoms in total. The van der Waals surface area contributed by atoms with Crippen LogP contribution in [0.1, 0.15) is 30.8 Å². The molecule has 0 saturated heterocycles. The summed E-state index contributed by atoms with van der Waals surface area (Å²) in [5, 5.41) is 2.69. The number of halogens is 3. The van der Waals surface area contributed by atoms with Crippen molar-refractivity contribution >= 4 is 11.7 Å². The molecule has 8 heteroatoms. The zero-order chi connectivity index (χ0) is 22.4. The normalized spacial score (nSPS) is 11.5. The van der Waals surface area contributed by atoms with E-state index < -0.39 is 11.7 Å². The molecule has 0 spiro atoms. The Morgan fingerprint density at radius 3 is 2.39 bits per heavy atom. The van der Waals surface area contributed by atoms with Gasteiger partial charge in [0.15, 0.2) is 0 Å². The molecule has 0 fully saturated rings. The fourth-order valence-electron chi connectivity index (χ4n) is 3.19. The third-order valence-corrected chi connectivity index (χ3v) is 4.67. The zero-order valence-corrected chi connectivity index (χ0v) is 17.4. The first-order valence-electron chi connectivity index (χ1n) is 9.99. The van der Waals surface area contributed by atoms with Crippen molar-refractivity contribution in [3.8, 4) is 0 Å². The second kappa shape index (κ2) is 9.68. The summed E-state index contributed by atoms with van der Waals surface area (Å²) in [6, 6.07) is 14.0. The minimum Gasteiger partial charge on any atom is -0.329 e. The summed E-state index contributed by atoms with van der Waals surface area (Å²) in [4.78, 5) is 18.9. The standard InChI is InChI=1S/C23H25F3N4O/c1-17(2)14-30(22(31)28-20-10-8-19(9-11-20)23(24,25)26)16-21-27-12-13-29(21)15-18-6-4-3-5-7-18/h3-13,17H,14-16H2,1-2H3,(H,28,31). The SMILES string of the molecule is CC(C)CN(Cc1nccn1Cc1ccccc1)C(=O)Nc1ccc(C(F)(F)F)cc1. The van der Waals surface area contributed by atoms with E-state index in [9.17, 15) is 18.0 Å². The molecule has 1 aromatic heterocycles. The van der Waals surface area contributed by atoms with E-state index in [-0.39, 0.29) is 18.5 Å². The lowest BCUT2D eigenvalue weighted by atomic mass is 10.2. The lowest BCUT2D eigenvalue weighted by molar-refractivity contribution is -0.137. The van der Waals surface area contributed by atoms with E-state index in [0.717, 1.165) is 23.5 Å². The zero-order valence-electron chi connectivity index (χ0n) is 17.4. The highest BCUT2D eigenvalue weighted by atomic mass is 19.4. The minimum absolute atomic E-state index is 0.205. The van der Waals surface area contributed by atoms with Gasteiger partial charge < -0.3 is 14.8 Å². The predicted molar refractivity (Wildman–Crippen MR) is 113 cm³/mol. The number of carbonyl (C=O) groups excluding carboxylic acids is 1. The van der Waals surface area contributed by atoms with Crippen LogP contribution in [0.15, 0.2) is 67.0 Å². The summed E-state index contributed by atoms with van der Waals surface area (Å²) in [5.41, 5.74) is 0.665. The van der Waals surface area contributed by atoms with Gasteiger partial charge in [-0.3, -0.25) is 0 Å². The van der Waals surface area contributed by atoms with Crippen LogP contribution < -0.4 is 5.32 Å². The Bertz CT molecular complexity index is 982. The molecule has 164 valence electrons. The molecule has 0 saturated carbocycles. The van der Waals surface area contributed by atoms with Gasteiger partial charge in [0.1, 0.15) is 5.82 Å². The van der Waals surface area contributed by atoms with Crippen LogP contribution >= 0.6 is 0 Å². The first-order valence-corrected chi connectivity index (χ1v) is 9.99. The second-order valence-corrected chi connectivity index (χ2v) is 7.74. The van der Waals surface area contributed by atoms with Crippen LogP contribution in [0, 0.1) is 5.92 Å². The number of nitrogens with zero attached hydrogens (tertiary/aromatic N) is 3. The number of rotatable bonds is 7. The Balaban J connectivity index is 1.72. The summed E-state index contributed by atoms with van der Waals surface area (Å²) < 4.78 is 40.2. The summed E-state index contributed by atoms with van der Waals surface area (Å²) in [7, 11) is 0. The van der Waals surface area contributed by atoms with Gasteiger partial charge in [-0.05, 0) is 35.7 Å². The molecular weight excluding hydrogens is 405 g/mol. The quantitative estimate of drug-likeness (QED) is 0.527. The summed E-state index contributed by atoms with van der Waals surface area (Å²) >= 11 is 0. The number of hydrogen-bond acceptors (Lipinski definition) is 2. The number of urea groups is 1. The predicted octanol–water partition coefficient (Wildman–Crippen LogP) is 5.64. The van der Waals surface area contributed by atoms with Crippen molar-refractivity contribution in [1.82, 2.24) is 14.5 Å². The smallest absolute Gasteiger partial charge is 0.329 e. The molecule has 0 bridgehead atoms. The Morgan fingerprint density at radius 2 is 1.77 bits per heavy atom. The van der Waals surface area contributed by atoms with Crippen LogP contribution in [0.25, 0.3) is 0 Å². The van der Waals surface area contributed by atoms with Crippen molar-refractivity contribution in [2.24, 2.45) is 5.92 Å². The van der Waals surface area contributed by atoms with Gasteiger partial charge in [0.25, 0.3) is 0 Å². The Morgan fingerprint density at radius 1 is 1.10 bits per heavy atom. The Kier molecular flexibility index (Phi) is 6.99. The molecule has 2 aromatic carbocycles. The first kappa shape index (κ1) is 22.4. The van der Waals surface area contributed by atoms with E-state index in [1.165, 1.54) is 12.1 Å². The van der Waals surface area contributed by atoms with E-state index >= 15 is 0 Å². The summed E-state index contributed by atoms with van der Waals surface area (Å²) in [6.45, 7) is 5.38. The maximum Gasteiger partial charge on any atom is 0.416 e. The number of amides is 2. The van der Waals surface area contributed by atoms with Crippen molar-refractivity contribution in [3.63, 3.8) is 0 Å². The van der Waals surface area contributed by atoms with Crippen LogP contribution in [0.4, 0.5) is 23.7 Å². The first-order chi connectivity index (χ1) is 14.7. The molecule has 1 N–H and O–H groups in total. The van der Waals surface area contributed by atoms with Gasteiger partial charge in [-0.15, -0.1) is 0 Å². The maximum absolute atomic E-state index is 12.9. The van der Waals surface area contributed by atoms with Crippen LogP contribution in [0.3, 0.4) is 0 Å². The number of alkyl halides is 3. The second-order valence-electron chi connectivity index (χ2n) is 7.74. The number of carbonyl (C=O) groups is 1. The molecule has 3 aromatic rings. The minimum atomic E-state index is -4.41. The molecular formula is C23H25F3N4O. The fourth-order valence-corrected chi connectivity index (χ4v) is 3.19. The molecule has 2 amide bonds. The third kappa shape index (κ3) is 6.34. The molecule has 0 radical (unpaired) electrons. The molecule has 0 atom stereocenters. The monoisotopic (exact) mass is 430 g/mol. The summed E-state index contributed by atoms with van der Waals surface area (Å²) in [5.74, 6) is 0.933. The van der Waals surface area contributed by atoms with Crippen LogP contribution in [0.2, 0.25) is 0 Å². The average Bonchev–Trinajstić information content (AvgIpc) is 3.14. The van der Waals surface area contributed by atoms with Gasteiger partial charge in [-0.1, -0.05) is 44.2 Å². The van der Waals surface area contributed by atoms with Gasteiger partial charge in [0.05, 0.1) is 12.1 Å². The lowest BCUT2D eigenvalue weighted by Gasteiger charge is -2.25. The summed E-state index contributed by atoms with van der Waals surface area (Å²) in [6.07, 6.45) is -0.856. The van der Waals surface area contributed by atoms with Crippen molar-refractivity contribution in [2.75, 3.05) is 11.9 Å². The number of benzene rings is 2. The topological polar surface area (TPSA) is 50.2 Å². The number of aromatic nitrogens is 2. The van der Waals surface area contributed by atoms with Gasteiger partial charge in [-0.2, -0.15) is 13.2 Å². The van der Waals surface area contributed by atoms with E-state index in [0.29, 0.717) is 18.8 Å². The van der Waals surface area contributed by atoms with E-state index in [1.807, 2.05) is 54.9 Å². The third-order valence-electron chi connectivity index (χ3n) is 4.67. The fraction of sp³-hybridized carbons (Fsp3) is 0.304. The van der Waals surface area contributed by atoms with Crippen molar-refractivity contribution in [3.05, 3.63) is 83.9 Å². The maximum atomic E-state index is 12.9. The lowest BCUT2D eigenvalue weighted by Crippen LogP contribution is -2.38. The molecule has 31 heavy (non-hydrogen) atoms.